The van der Waals surface area contributed by atoms with Gasteiger partial charge in [0.15, 0.2) is 0 Å². The third-order valence-corrected chi connectivity index (χ3v) is 9.22. The van der Waals surface area contributed by atoms with Crippen LogP contribution in [0.1, 0.15) is 123 Å². The Kier molecular flexibility index (Phi) is 11.4. The minimum absolute atomic E-state index is 0.177. The van der Waals surface area contributed by atoms with Gasteiger partial charge in [0.2, 0.25) is 0 Å². The second kappa shape index (κ2) is 13.9. The van der Waals surface area contributed by atoms with Gasteiger partial charge < -0.3 is 0 Å². The smallest absolute Gasteiger partial charge is 0.0733 e. The van der Waals surface area contributed by atoms with Crippen molar-refractivity contribution in [1.82, 2.24) is 0 Å². The maximum Gasteiger partial charge on any atom is -0.0733 e. The van der Waals surface area contributed by atoms with E-state index >= 15 is 0 Å². The molecule has 43 heavy (non-hydrogen) atoms. The van der Waals surface area contributed by atoms with E-state index in [1.165, 1.54) is 79.9 Å². The van der Waals surface area contributed by atoms with E-state index in [0.29, 0.717) is 11.8 Å². The molecule has 0 heterocycles. The van der Waals surface area contributed by atoms with Crippen LogP contribution in [0, 0.1) is 24.0 Å². The van der Waals surface area contributed by atoms with Gasteiger partial charge in [-0.3, -0.25) is 6.08 Å². The van der Waals surface area contributed by atoms with Crippen LogP contribution in [0.15, 0.2) is 71.8 Å². The molecule has 0 saturated heterocycles. The Morgan fingerprint density at radius 2 is 1.30 bits per heavy atom. The molecule has 0 radical (unpaired) electrons. The van der Waals surface area contributed by atoms with E-state index in [4.69, 9.17) is 0 Å². The van der Waals surface area contributed by atoms with E-state index in [9.17, 15) is 0 Å². The number of fused-ring (bicyclic) bond motifs is 3. The molecule has 3 aromatic carbocycles. The molecule has 0 nitrogen and oxygen atoms in total. The molecule has 0 aliphatic heterocycles. The summed E-state index contributed by atoms with van der Waals surface area (Å²) in [4.78, 5) is 0. The van der Waals surface area contributed by atoms with Crippen molar-refractivity contribution < 1.29 is 24.2 Å². The minimum Gasteiger partial charge on any atom is -0.266 e. The molecule has 5 rings (SSSR count). The first-order valence-corrected chi connectivity index (χ1v) is 17.3. The second-order valence-corrected chi connectivity index (χ2v) is 16.4. The van der Waals surface area contributed by atoms with E-state index in [1.54, 1.807) is 0 Å². The third kappa shape index (κ3) is 9.44. The average molecular weight is 650 g/mol. The molecule has 0 bridgehead atoms. The van der Waals surface area contributed by atoms with Crippen LogP contribution in [-0.4, -0.2) is 3.71 Å². The molecule has 1 unspecified atom stereocenters. The van der Waals surface area contributed by atoms with Gasteiger partial charge in [-0.05, 0) is 17.4 Å². The van der Waals surface area contributed by atoms with E-state index in [2.05, 4.69) is 167 Å². The predicted molar refractivity (Wildman–Crippen MR) is 186 cm³/mol. The van der Waals surface area contributed by atoms with E-state index in [-0.39, 0.29) is 16.2 Å². The zero-order valence-electron chi connectivity index (χ0n) is 29.2. The number of benzene rings is 3. The van der Waals surface area contributed by atoms with Crippen molar-refractivity contribution in [2.24, 2.45) is 11.8 Å². The van der Waals surface area contributed by atoms with Gasteiger partial charge in [-0.1, -0.05) is 116 Å². The molecule has 0 aromatic heterocycles. The Bertz CT molecular complexity index is 1410. The largest absolute Gasteiger partial charge is 0.266 e. The first kappa shape index (κ1) is 35.4. The molecule has 2 aliphatic rings. The first-order valence-electron chi connectivity index (χ1n) is 15.9. The summed E-state index contributed by atoms with van der Waals surface area (Å²) in [6.45, 7) is 29.2. The Morgan fingerprint density at radius 3 is 1.74 bits per heavy atom. The van der Waals surface area contributed by atoms with Gasteiger partial charge in [0, 0.05) is 0 Å². The van der Waals surface area contributed by atoms with Crippen molar-refractivity contribution in [3.63, 3.8) is 0 Å². The van der Waals surface area contributed by atoms with E-state index < -0.39 is 0 Å². The first-order chi connectivity index (χ1) is 19.8. The summed E-state index contributed by atoms with van der Waals surface area (Å²) in [5, 5.41) is 0. The van der Waals surface area contributed by atoms with Crippen molar-refractivity contribution in [3.8, 4) is 11.1 Å². The zero-order valence-corrected chi connectivity index (χ0v) is 31.7. The van der Waals surface area contributed by atoms with Crippen LogP contribution >= 0.6 is 0 Å². The Balaban J connectivity index is 0.000000195. The summed E-state index contributed by atoms with van der Waals surface area (Å²) >= 11 is 1.46. The number of hydrogen-bond acceptors (Lipinski definition) is 0. The van der Waals surface area contributed by atoms with Crippen molar-refractivity contribution in [2.75, 3.05) is 0 Å². The molecule has 0 amide bonds. The fraction of sp³-hybridized carbons (Fsp3) is 0.452. The predicted octanol–water partition coefficient (Wildman–Crippen LogP) is 11.3. The number of allylic oxidation sites excluding steroid dienone is 4. The van der Waals surface area contributed by atoms with E-state index in [1.807, 2.05) is 0 Å². The van der Waals surface area contributed by atoms with Crippen LogP contribution in [0.25, 0.3) is 11.1 Å². The Morgan fingerprint density at radius 1 is 0.767 bits per heavy atom. The molecule has 0 spiro atoms. The van der Waals surface area contributed by atoms with Crippen molar-refractivity contribution in [3.05, 3.63) is 117 Å². The average Bonchev–Trinajstić information content (AvgIpc) is 3.45. The zero-order chi connectivity index (χ0) is 32.3. The van der Waals surface area contributed by atoms with Gasteiger partial charge >= 0.3 is 89.5 Å². The van der Waals surface area contributed by atoms with Crippen LogP contribution in [0.4, 0.5) is 0 Å². The van der Waals surface area contributed by atoms with Gasteiger partial charge in [-0.25, -0.2) is 5.57 Å². The van der Waals surface area contributed by atoms with Crippen LogP contribution in [0.5, 0.6) is 0 Å². The molecular weight excluding hydrogens is 596 g/mol. The summed E-state index contributed by atoms with van der Waals surface area (Å²) in [5.74, 6) is 1.20. The quantitative estimate of drug-likeness (QED) is 0.190. The van der Waals surface area contributed by atoms with Gasteiger partial charge in [-0.2, -0.15) is 41.0 Å². The standard InChI is InChI=1S/C21H25.C11H14.C10H15.Zr/c1-20(2,3)16-9-7-14-11-15-8-10-17(21(4,5)6)13-19(15)18(14)12-16;1-9-5-7-10(8-6-9)11(2,3)4;1-7(2)10-6-8(3)5-9(10)4;/h7,9-10,12-13H,11H2,1-6H3;1,5-8H,2-4H3;6-8H,1-4H3;/q-1;;-1;+2. The molecule has 226 valence electrons. The van der Waals surface area contributed by atoms with Crippen molar-refractivity contribution in [2.45, 2.75) is 113 Å². The molecule has 3 aromatic rings. The fourth-order valence-corrected chi connectivity index (χ4v) is 6.02. The molecular formula is C42H54Zr. The third-order valence-electron chi connectivity index (χ3n) is 8.40. The molecule has 2 aliphatic carbocycles. The number of rotatable bonds is 2. The van der Waals surface area contributed by atoms with Crippen molar-refractivity contribution in [1.29, 1.82) is 0 Å². The summed E-state index contributed by atoms with van der Waals surface area (Å²) in [5.41, 5.74) is 14.6. The topological polar surface area (TPSA) is 0 Å². The molecule has 0 N–H and O–H groups in total. The maximum atomic E-state index is 3.53. The van der Waals surface area contributed by atoms with Crippen LogP contribution < -0.4 is 0 Å². The molecule has 1 heteroatoms. The Hall–Kier alpha value is -2.11. The van der Waals surface area contributed by atoms with Crippen LogP contribution in [0.2, 0.25) is 0 Å². The summed E-state index contributed by atoms with van der Waals surface area (Å²) in [6.07, 6.45) is 6.71. The summed E-state index contributed by atoms with van der Waals surface area (Å²) in [6, 6.07) is 23.9. The molecule has 0 saturated carbocycles. The van der Waals surface area contributed by atoms with Crippen molar-refractivity contribution >= 4 is 3.71 Å². The monoisotopic (exact) mass is 648 g/mol. The minimum atomic E-state index is 0.177. The van der Waals surface area contributed by atoms with Crippen LogP contribution in [0.3, 0.4) is 0 Å². The SMILES string of the molecule is CC(C)(C)c1c[c-]c2c(c1)-c1cc(C(C)(C)C)ccc1C2.CC(C)(C)c1ccc([CH]=[Zr+2])cc1.CC1=[C-]C(C)C=C1C(C)C. The van der Waals surface area contributed by atoms with Gasteiger partial charge in [0.25, 0.3) is 0 Å². The summed E-state index contributed by atoms with van der Waals surface area (Å²) < 4.78 is 2.21. The number of hydrogen-bond donors (Lipinski definition) is 0. The molecule has 1 atom stereocenters. The van der Waals surface area contributed by atoms with Gasteiger partial charge in [0.05, 0.1) is 0 Å². The molecule has 0 fully saturated rings. The van der Waals surface area contributed by atoms with Crippen LogP contribution in [-0.2, 0) is 46.9 Å². The van der Waals surface area contributed by atoms with Gasteiger partial charge in [0.1, 0.15) is 0 Å². The normalized spacial score (nSPS) is 15.9. The van der Waals surface area contributed by atoms with E-state index in [0.717, 1.165) is 6.42 Å². The maximum absolute atomic E-state index is 3.53. The Labute approximate surface area is 279 Å². The second-order valence-electron chi connectivity index (χ2n) is 15.7. The van der Waals surface area contributed by atoms with Gasteiger partial charge in [-0.15, -0.1) is 5.56 Å². The fourth-order valence-electron chi connectivity index (χ4n) is 5.55. The summed E-state index contributed by atoms with van der Waals surface area (Å²) in [7, 11) is 0.